The highest BCUT2D eigenvalue weighted by atomic mass is 79.9. The van der Waals surface area contributed by atoms with Crippen molar-refractivity contribution in [2.45, 2.75) is 13.0 Å². The van der Waals surface area contributed by atoms with E-state index in [2.05, 4.69) is 26.2 Å². The van der Waals surface area contributed by atoms with E-state index in [0.717, 1.165) is 46.1 Å². The molecule has 0 spiro atoms. The predicted octanol–water partition coefficient (Wildman–Crippen LogP) is 1.94. The van der Waals surface area contributed by atoms with Crippen molar-refractivity contribution in [2.75, 3.05) is 6.54 Å². The SMILES string of the molecule is O=c1c2c([nH]c3cc(Br)ccc13)CNCC2. The maximum atomic E-state index is 12.2. The van der Waals surface area contributed by atoms with Crippen LogP contribution in [0.2, 0.25) is 0 Å². The largest absolute Gasteiger partial charge is 0.357 e. The summed E-state index contributed by atoms with van der Waals surface area (Å²) in [6.07, 6.45) is 0.816. The molecular formula is C12H11BrN2O. The van der Waals surface area contributed by atoms with Crippen LogP contribution in [0.3, 0.4) is 0 Å². The molecule has 82 valence electrons. The van der Waals surface area contributed by atoms with Crippen LogP contribution in [0.15, 0.2) is 27.5 Å². The van der Waals surface area contributed by atoms with Gasteiger partial charge >= 0.3 is 0 Å². The molecule has 2 heterocycles. The molecule has 3 rings (SSSR count). The van der Waals surface area contributed by atoms with Gasteiger partial charge in [0.05, 0.1) is 5.52 Å². The lowest BCUT2D eigenvalue weighted by atomic mass is 10.0. The molecular weight excluding hydrogens is 268 g/mol. The number of aromatic nitrogens is 1. The van der Waals surface area contributed by atoms with Crippen LogP contribution >= 0.6 is 15.9 Å². The summed E-state index contributed by atoms with van der Waals surface area (Å²) in [7, 11) is 0. The minimum Gasteiger partial charge on any atom is -0.357 e. The third-order valence-electron chi connectivity index (χ3n) is 3.00. The standard InChI is InChI=1S/C12H11BrN2O/c13-7-1-2-8-10(5-7)15-11-6-14-4-3-9(11)12(8)16/h1-2,5,14H,3-4,6H2,(H,15,16). The first-order valence-corrected chi connectivity index (χ1v) is 6.09. The van der Waals surface area contributed by atoms with Gasteiger partial charge in [0.15, 0.2) is 5.43 Å². The Kier molecular flexibility index (Phi) is 2.33. The number of halogens is 1. The van der Waals surface area contributed by atoms with Gasteiger partial charge in [0.1, 0.15) is 0 Å². The van der Waals surface area contributed by atoms with E-state index in [4.69, 9.17) is 0 Å². The quantitative estimate of drug-likeness (QED) is 0.774. The first-order valence-electron chi connectivity index (χ1n) is 5.30. The zero-order valence-corrected chi connectivity index (χ0v) is 10.2. The van der Waals surface area contributed by atoms with Crippen molar-refractivity contribution in [3.05, 3.63) is 44.2 Å². The van der Waals surface area contributed by atoms with Gasteiger partial charge in [-0.1, -0.05) is 15.9 Å². The summed E-state index contributed by atoms with van der Waals surface area (Å²) >= 11 is 3.42. The fraction of sp³-hybridized carbons (Fsp3) is 0.250. The van der Waals surface area contributed by atoms with Gasteiger partial charge in [-0.15, -0.1) is 0 Å². The van der Waals surface area contributed by atoms with Crippen LogP contribution in [-0.4, -0.2) is 11.5 Å². The maximum absolute atomic E-state index is 12.2. The Balaban J connectivity index is 2.39. The Labute approximate surface area is 101 Å². The molecule has 0 saturated heterocycles. The van der Waals surface area contributed by atoms with Gasteiger partial charge in [0, 0.05) is 27.7 Å². The Morgan fingerprint density at radius 1 is 1.31 bits per heavy atom. The summed E-state index contributed by atoms with van der Waals surface area (Å²) in [4.78, 5) is 15.6. The number of nitrogens with one attached hydrogen (secondary N) is 2. The fourth-order valence-electron chi connectivity index (χ4n) is 2.20. The highest BCUT2D eigenvalue weighted by Crippen LogP contribution is 2.18. The van der Waals surface area contributed by atoms with Gasteiger partial charge in [-0.25, -0.2) is 0 Å². The van der Waals surface area contributed by atoms with E-state index in [1.165, 1.54) is 0 Å². The number of pyridine rings is 1. The van der Waals surface area contributed by atoms with E-state index in [1.807, 2.05) is 18.2 Å². The van der Waals surface area contributed by atoms with E-state index in [1.54, 1.807) is 0 Å². The summed E-state index contributed by atoms with van der Waals surface area (Å²) in [6, 6.07) is 5.73. The average Bonchev–Trinajstić information content (AvgIpc) is 2.29. The first kappa shape index (κ1) is 10.1. The topological polar surface area (TPSA) is 44.9 Å². The molecule has 0 atom stereocenters. The molecule has 1 aliphatic rings. The van der Waals surface area contributed by atoms with Crippen molar-refractivity contribution in [2.24, 2.45) is 0 Å². The lowest BCUT2D eigenvalue weighted by Gasteiger charge is -2.17. The molecule has 2 aromatic rings. The predicted molar refractivity (Wildman–Crippen MR) is 67.7 cm³/mol. The van der Waals surface area contributed by atoms with Gasteiger partial charge in [-0.05, 0) is 31.2 Å². The molecule has 1 aromatic carbocycles. The van der Waals surface area contributed by atoms with Crippen LogP contribution in [0.1, 0.15) is 11.3 Å². The summed E-state index contributed by atoms with van der Waals surface area (Å²) < 4.78 is 0.986. The van der Waals surface area contributed by atoms with Crippen molar-refractivity contribution < 1.29 is 0 Å². The monoisotopic (exact) mass is 278 g/mol. The van der Waals surface area contributed by atoms with Crippen LogP contribution in [0.4, 0.5) is 0 Å². The zero-order valence-electron chi connectivity index (χ0n) is 8.64. The van der Waals surface area contributed by atoms with Crippen LogP contribution < -0.4 is 10.7 Å². The van der Waals surface area contributed by atoms with E-state index in [0.29, 0.717) is 0 Å². The minimum absolute atomic E-state index is 0.178. The molecule has 1 aromatic heterocycles. The second-order valence-corrected chi connectivity index (χ2v) is 4.94. The van der Waals surface area contributed by atoms with Crippen LogP contribution in [0.5, 0.6) is 0 Å². The van der Waals surface area contributed by atoms with Gasteiger partial charge in [-0.3, -0.25) is 4.79 Å². The molecule has 3 nitrogen and oxygen atoms in total. The van der Waals surface area contributed by atoms with E-state index in [9.17, 15) is 4.79 Å². The van der Waals surface area contributed by atoms with Crippen LogP contribution in [0, 0.1) is 0 Å². The molecule has 0 radical (unpaired) electrons. The molecule has 0 saturated carbocycles. The van der Waals surface area contributed by atoms with Gasteiger partial charge in [-0.2, -0.15) is 0 Å². The Bertz CT molecular complexity index is 618. The van der Waals surface area contributed by atoms with Gasteiger partial charge in [0.2, 0.25) is 0 Å². The lowest BCUT2D eigenvalue weighted by molar-refractivity contribution is 0.627. The number of benzene rings is 1. The normalized spacial score (nSPS) is 15.1. The maximum Gasteiger partial charge on any atom is 0.192 e. The summed E-state index contributed by atoms with van der Waals surface area (Å²) in [5.74, 6) is 0. The summed E-state index contributed by atoms with van der Waals surface area (Å²) in [5, 5.41) is 4.05. The Morgan fingerprint density at radius 2 is 2.19 bits per heavy atom. The molecule has 4 heteroatoms. The summed E-state index contributed by atoms with van der Waals surface area (Å²) in [5.41, 5.74) is 3.05. The fourth-order valence-corrected chi connectivity index (χ4v) is 2.56. The van der Waals surface area contributed by atoms with Gasteiger partial charge in [0.25, 0.3) is 0 Å². The Hall–Kier alpha value is -1.13. The van der Waals surface area contributed by atoms with Crippen molar-refractivity contribution in [3.63, 3.8) is 0 Å². The molecule has 0 aliphatic carbocycles. The van der Waals surface area contributed by atoms with Crippen LogP contribution in [0.25, 0.3) is 10.9 Å². The zero-order chi connectivity index (χ0) is 11.1. The number of H-pyrrole nitrogens is 1. The molecule has 0 bridgehead atoms. The highest BCUT2D eigenvalue weighted by molar-refractivity contribution is 9.10. The van der Waals surface area contributed by atoms with Crippen molar-refractivity contribution >= 4 is 26.8 Å². The van der Waals surface area contributed by atoms with Crippen molar-refractivity contribution in [1.82, 2.24) is 10.3 Å². The number of fused-ring (bicyclic) bond motifs is 2. The molecule has 0 unspecified atom stereocenters. The van der Waals surface area contributed by atoms with Gasteiger partial charge < -0.3 is 10.3 Å². The first-order chi connectivity index (χ1) is 7.75. The second kappa shape index (κ2) is 3.71. The molecule has 0 amide bonds. The highest BCUT2D eigenvalue weighted by Gasteiger charge is 2.14. The third-order valence-corrected chi connectivity index (χ3v) is 3.50. The van der Waals surface area contributed by atoms with Crippen LogP contribution in [-0.2, 0) is 13.0 Å². The lowest BCUT2D eigenvalue weighted by Crippen LogP contribution is -2.29. The number of rotatable bonds is 0. The molecule has 2 N–H and O–H groups in total. The van der Waals surface area contributed by atoms with E-state index in [-0.39, 0.29) is 5.43 Å². The third kappa shape index (κ3) is 1.49. The smallest absolute Gasteiger partial charge is 0.192 e. The second-order valence-electron chi connectivity index (χ2n) is 4.03. The molecule has 16 heavy (non-hydrogen) atoms. The van der Waals surface area contributed by atoms with Crippen molar-refractivity contribution in [1.29, 1.82) is 0 Å². The summed E-state index contributed by atoms with van der Waals surface area (Å²) in [6.45, 7) is 1.64. The number of aromatic amines is 1. The minimum atomic E-state index is 0.178. The van der Waals surface area contributed by atoms with E-state index < -0.39 is 0 Å². The van der Waals surface area contributed by atoms with E-state index >= 15 is 0 Å². The average molecular weight is 279 g/mol. The molecule has 0 fully saturated rings. The van der Waals surface area contributed by atoms with Crippen molar-refractivity contribution in [3.8, 4) is 0 Å². The molecule has 1 aliphatic heterocycles. The Morgan fingerprint density at radius 3 is 3.06 bits per heavy atom. The number of hydrogen-bond donors (Lipinski definition) is 2. The number of hydrogen-bond acceptors (Lipinski definition) is 2.